The summed E-state index contributed by atoms with van der Waals surface area (Å²) in [5, 5.41) is 0. The molecule has 21 heavy (non-hydrogen) atoms. The quantitative estimate of drug-likeness (QED) is 0.755. The van der Waals surface area contributed by atoms with Crippen molar-refractivity contribution in [3.05, 3.63) is 30.3 Å². The van der Waals surface area contributed by atoms with Gasteiger partial charge in [-0.3, -0.25) is 4.79 Å². The topological polar surface area (TPSA) is 38.8 Å². The van der Waals surface area contributed by atoms with Gasteiger partial charge in [0.2, 0.25) is 0 Å². The Bertz CT molecular complexity index is 449. The van der Waals surface area contributed by atoms with Crippen LogP contribution in [0, 0.1) is 5.41 Å². The number of carbonyl (C=O) groups is 1. The third-order valence-corrected chi connectivity index (χ3v) is 4.07. The normalized spacial score (nSPS) is 22.8. The molecule has 1 aromatic rings. The van der Waals surface area contributed by atoms with E-state index in [2.05, 4.69) is 11.9 Å². The fourth-order valence-electron chi connectivity index (χ4n) is 3.00. The first-order valence-corrected chi connectivity index (χ1v) is 7.70. The zero-order chi connectivity index (χ0) is 15.1. The van der Waals surface area contributed by atoms with Gasteiger partial charge in [-0.25, -0.2) is 0 Å². The maximum Gasteiger partial charge on any atom is 0.313 e. The number of hydrogen-bond acceptors (Lipinski definition) is 4. The van der Waals surface area contributed by atoms with E-state index in [4.69, 9.17) is 9.47 Å². The molecule has 0 aromatic heterocycles. The van der Waals surface area contributed by atoms with Crippen LogP contribution in [0.25, 0.3) is 0 Å². The fourth-order valence-corrected chi connectivity index (χ4v) is 3.00. The highest BCUT2D eigenvalue weighted by molar-refractivity contribution is 5.77. The van der Waals surface area contributed by atoms with Gasteiger partial charge in [0, 0.05) is 6.54 Å². The molecule has 1 fully saturated rings. The van der Waals surface area contributed by atoms with Crippen LogP contribution in [0.3, 0.4) is 0 Å². The Morgan fingerprint density at radius 3 is 2.76 bits per heavy atom. The van der Waals surface area contributed by atoms with Crippen LogP contribution in [0.4, 0.5) is 0 Å². The summed E-state index contributed by atoms with van der Waals surface area (Å²) in [6.07, 6.45) is 2.61. The number of benzene rings is 1. The van der Waals surface area contributed by atoms with Crippen LogP contribution in [0.15, 0.2) is 30.3 Å². The molecule has 0 spiro atoms. The summed E-state index contributed by atoms with van der Waals surface area (Å²) in [5.41, 5.74) is -0.419. The molecule has 0 bridgehead atoms. The van der Waals surface area contributed by atoms with Crippen molar-refractivity contribution in [3.8, 4) is 5.75 Å². The number of esters is 1. The fraction of sp³-hybridized carbons (Fsp3) is 0.588. The van der Waals surface area contributed by atoms with E-state index in [1.54, 1.807) is 0 Å². The molecule has 1 aliphatic rings. The second-order valence-corrected chi connectivity index (χ2v) is 5.75. The minimum absolute atomic E-state index is 0.0757. The third kappa shape index (κ3) is 4.21. The highest BCUT2D eigenvalue weighted by atomic mass is 16.5. The van der Waals surface area contributed by atoms with Crippen LogP contribution in [0.2, 0.25) is 0 Å². The minimum atomic E-state index is -0.419. The molecule has 1 saturated heterocycles. The first kappa shape index (κ1) is 15.8. The summed E-state index contributed by atoms with van der Waals surface area (Å²) in [6, 6.07) is 9.73. The average molecular weight is 291 g/mol. The minimum Gasteiger partial charge on any atom is -0.494 e. The molecule has 0 unspecified atom stereocenters. The Labute approximate surface area is 127 Å². The molecule has 4 heteroatoms. The largest absolute Gasteiger partial charge is 0.494 e. The summed E-state index contributed by atoms with van der Waals surface area (Å²) >= 11 is 0. The number of para-hydroxylation sites is 1. The number of piperidine rings is 1. The van der Waals surface area contributed by atoms with Crippen LogP contribution >= 0.6 is 0 Å². The van der Waals surface area contributed by atoms with E-state index in [-0.39, 0.29) is 5.97 Å². The van der Waals surface area contributed by atoms with Gasteiger partial charge in [-0.2, -0.15) is 0 Å². The number of nitrogens with zero attached hydrogens (tertiary/aromatic N) is 1. The van der Waals surface area contributed by atoms with Gasteiger partial charge in [0.1, 0.15) is 5.75 Å². The molecule has 4 nitrogen and oxygen atoms in total. The molecule has 1 heterocycles. The van der Waals surface area contributed by atoms with Gasteiger partial charge < -0.3 is 14.4 Å². The Morgan fingerprint density at radius 1 is 1.33 bits per heavy atom. The molecular weight excluding hydrogens is 266 g/mol. The molecule has 0 amide bonds. The Balaban J connectivity index is 1.97. The molecular formula is C17H25NO3. The van der Waals surface area contributed by atoms with Crippen LogP contribution in [-0.2, 0) is 9.53 Å². The molecule has 1 atom stereocenters. The van der Waals surface area contributed by atoms with Gasteiger partial charge in [0.05, 0.1) is 18.6 Å². The molecule has 0 aliphatic carbocycles. The lowest BCUT2D eigenvalue weighted by Crippen LogP contribution is -2.47. The van der Waals surface area contributed by atoms with Gasteiger partial charge in [-0.1, -0.05) is 18.2 Å². The second-order valence-electron chi connectivity index (χ2n) is 5.75. The van der Waals surface area contributed by atoms with Crippen LogP contribution in [0.1, 0.15) is 26.2 Å². The maximum atomic E-state index is 12.4. The Kier molecular flexibility index (Phi) is 5.62. The van der Waals surface area contributed by atoms with Crippen molar-refractivity contribution in [2.24, 2.45) is 5.41 Å². The van der Waals surface area contributed by atoms with Gasteiger partial charge in [0.15, 0.2) is 0 Å². The standard InChI is InChI=1S/C17H25NO3/c1-3-20-16(19)17(10-7-12-18(2)14-17)11-13-21-15-8-5-4-6-9-15/h4-6,8-9H,3,7,10-14H2,1-2H3/t17-/m0/s1. The second kappa shape index (κ2) is 7.46. The number of rotatable bonds is 6. The molecule has 2 rings (SSSR count). The Hall–Kier alpha value is -1.55. The monoisotopic (exact) mass is 291 g/mol. The zero-order valence-electron chi connectivity index (χ0n) is 13.0. The van der Waals surface area contributed by atoms with E-state index in [1.165, 1.54) is 0 Å². The van der Waals surface area contributed by atoms with Crippen molar-refractivity contribution in [1.82, 2.24) is 4.90 Å². The lowest BCUT2D eigenvalue weighted by atomic mass is 9.77. The van der Waals surface area contributed by atoms with Crippen molar-refractivity contribution in [3.63, 3.8) is 0 Å². The molecule has 0 radical (unpaired) electrons. The van der Waals surface area contributed by atoms with E-state index in [0.29, 0.717) is 19.6 Å². The van der Waals surface area contributed by atoms with Gasteiger partial charge in [-0.15, -0.1) is 0 Å². The highest BCUT2D eigenvalue weighted by Crippen LogP contribution is 2.34. The molecule has 0 saturated carbocycles. The van der Waals surface area contributed by atoms with Crippen molar-refractivity contribution >= 4 is 5.97 Å². The molecule has 1 aliphatic heterocycles. The number of likely N-dealkylation sites (tertiary alicyclic amines) is 1. The average Bonchev–Trinajstić information content (AvgIpc) is 2.48. The summed E-state index contributed by atoms with van der Waals surface area (Å²) in [7, 11) is 2.06. The molecule has 0 N–H and O–H groups in total. The Morgan fingerprint density at radius 2 is 2.10 bits per heavy atom. The van der Waals surface area contributed by atoms with E-state index in [9.17, 15) is 4.79 Å². The van der Waals surface area contributed by atoms with E-state index < -0.39 is 5.41 Å². The van der Waals surface area contributed by atoms with E-state index in [0.717, 1.165) is 31.7 Å². The van der Waals surface area contributed by atoms with E-state index >= 15 is 0 Å². The van der Waals surface area contributed by atoms with Gasteiger partial charge in [-0.05, 0) is 51.9 Å². The summed E-state index contributed by atoms with van der Waals surface area (Å²) in [6.45, 7) is 4.63. The highest BCUT2D eigenvalue weighted by Gasteiger charge is 2.42. The number of hydrogen-bond donors (Lipinski definition) is 0. The van der Waals surface area contributed by atoms with Gasteiger partial charge >= 0.3 is 5.97 Å². The van der Waals surface area contributed by atoms with Crippen molar-refractivity contribution in [2.75, 3.05) is 33.4 Å². The number of ether oxygens (including phenoxy) is 2. The van der Waals surface area contributed by atoms with Crippen LogP contribution in [0.5, 0.6) is 5.75 Å². The summed E-state index contributed by atoms with van der Waals surface area (Å²) in [4.78, 5) is 14.6. The maximum absolute atomic E-state index is 12.4. The summed E-state index contributed by atoms with van der Waals surface area (Å²) in [5.74, 6) is 0.772. The lowest BCUT2D eigenvalue weighted by molar-refractivity contribution is -0.160. The predicted octanol–water partition coefficient (Wildman–Crippen LogP) is 2.73. The van der Waals surface area contributed by atoms with Crippen molar-refractivity contribution < 1.29 is 14.3 Å². The lowest BCUT2D eigenvalue weighted by Gasteiger charge is -2.39. The number of carbonyl (C=O) groups excluding carboxylic acids is 1. The summed E-state index contributed by atoms with van der Waals surface area (Å²) < 4.78 is 11.1. The van der Waals surface area contributed by atoms with Crippen LogP contribution in [-0.4, -0.2) is 44.2 Å². The molecule has 116 valence electrons. The smallest absolute Gasteiger partial charge is 0.313 e. The first-order valence-electron chi connectivity index (χ1n) is 7.70. The SMILES string of the molecule is CCOC(=O)[C@]1(CCOc2ccccc2)CCCN(C)C1. The zero-order valence-corrected chi connectivity index (χ0v) is 13.0. The van der Waals surface area contributed by atoms with Crippen LogP contribution < -0.4 is 4.74 Å². The van der Waals surface area contributed by atoms with Crippen molar-refractivity contribution in [2.45, 2.75) is 26.2 Å². The first-order chi connectivity index (χ1) is 10.2. The van der Waals surface area contributed by atoms with Gasteiger partial charge in [0.25, 0.3) is 0 Å². The third-order valence-electron chi connectivity index (χ3n) is 4.07. The van der Waals surface area contributed by atoms with E-state index in [1.807, 2.05) is 37.3 Å². The molecule has 1 aromatic carbocycles. The van der Waals surface area contributed by atoms with Crippen molar-refractivity contribution in [1.29, 1.82) is 0 Å². The predicted molar refractivity (Wildman–Crippen MR) is 82.4 cm³/mol.